The minimum atomic E-state index is 0.252. The predicted molar refractivity (Wildman–Crippen MR) is 54.4 cm³/mol. The lowest BCUT2D eigenvalue weighted by atomic mass is 10.2. The van der Waals surface area contributed by atoms with E-state index in [1.165, 1.54) is 0 Å². The largest absolute Gasteiger partial charge is 0.506 e. The molecule has 0 amide bonds. The number of nitrogens with zero attached hydrogens (tertiary/aromatic N) is 1. The van der Waals surface area contributed by atoms with Gasteiger partial charge in [0.1, 0.15) is 12.0 Å². The maximum atomic E-state index is 10.4. The van der Waals surface area contributed by atoms with E-state index >= 15 is 0 Å². The average Bonchev–Trinajstić information content (AvgIpc) is 2.46. The second kappa shape index (κ2) is 3.18. The van der Waals surface area contributed by atoms with E-state index < -0.39 is 0 Å². The van der Waals surface area contributed by atoms with Crippen LogP contribution in [0.5, 0.6) is 5.75 Å². The fourth-order valence-electron chi connectivity index (χ4n) is 1.73. The number of hydrogen-bond acceptors (Lipinski definition) is 2. The standard InChI is InChI=1S/C11H11NO2/c1-12-9(5-6-13)7-8-3-2-4-10(14)11(8)12/h2-4,6-7,14H,5H2,1H3. The summed E-state index contributed by atoms with van der Waals surface area (Å²) in [7, 11) is 1.85. The Kier molecular flexibility index (Phi) is 2.00. The van der Waals surface area contributed by atoms with Gasteiger partial charge in [-0.15, -0.1) is 0 Å². The maximum Gasteiger partial charge on any atom is 0.139 e. The highest BCUT2D eigenvalue weighted by Crippen LogP contribution is 2.26. The van der Waals surface area contributed by atoms with Gasteiger partial charge in [0, 0.05) is 24.5 Å². The summed E-state index contributed by atoms with van der Waals surface area (Å²) < 4.78 is 1.85. The summed E-state index contributed by atoms with van der Waals surface area (Å²) in [5.41, 5.74) is 1.70. The molecule has 0 aliphatic rings. The Morgan fingerprint density at radius 3 is 2.93 bits per heavy atom. The van der Waals surface area contributed by atoms with Gasteiger partial charge in [-0.3, -0.25) is 0 Å². The predicted octanol–water partition coefficient (Wildman–Crippen LogP) is 1.63. The summed E-state index contributed by atoms with van der Waals surface area (Å²) >= 11 is 0. The summed E-state index contributed by atoms with van der Waals surface area (Å²) in [5, 5.41) is 10.6. The number of carbonyl (C=O) groups is 1. The average molecular weight is 189 g/mol. The van der Waals surface area contributed by atoms with Gasteiger partial charge in [-0.05, 0) is 12.1 Å². The van der Waals surface area contributed by atoms with Crippen molar-refractivity contribution in [3.63, 3.8) is 0 Å². The zero-order chi connectivity index (χ0) is 10.1. The van der Waals surface area contributed by atoms with Gasteiger partial charge in [0.05, 0.1) is 5.52 Å². The molecule has 1 aromatic carbocycles. The fraction of sp³-hybridized carbons (Fsp3) is 0.182. The van der Waals surface area contributed by atoms with Crippen LogP contribution in [-0.2, 0) is 18.3 Å². The van der Waals surface area contributed by atoms with Gasteiger partial charge >= 0.3 is 0 Å². The number of benzene rings is 1. The molecule has 0 saturated carbocycles. The molecule has 72 valence electrons. The Hall–Kier alpha value is -1.77. The summed E-state index contributed by atoms with van der Waals surface area (Å²) in [6.07, 6.45) is 1.25. The second-order valence-corrected chi connectivity index (χ2v) is 3.28. The maximum absolute atomic E-state index is 10.4. The van der Waals surface area contributed by atoms with Gasteiger partial charge in [0.25, 0.3) is 0 Å². The lowest BCUT2D eigenvalue weighted by Gasteiger charge is -2.01. The lowest BCUT2D eigenvalue weighted by molar-refractivity contribution is -0.107. The highest BCUT2D eigenvalue weighted by Gasteiger charge is 2.07. The Morgan fingerprint density at radius 2 is 2.29 bits per heavy atom. The molecule has 2 rings (SSSR count). The van der Waals surface area contributed by atoms with E-state index in [4.69, 9.17) is 0 Å². The van der Waals surface area contributed by atoms with Gasteiger partial charge in [-0.1, -0.05) is 12.1 Å². The Bertz CT molecular complexity index is 485. The molecule has 0 unspecified atom stereocenters. The first-order valence-electron chi connectivity index (χ1n) is 4.44. The molecule has 0 atom stereocenters. The zero-order valence-electron chi connectivity index (χ0n) is 7.90. The molecule has 0 aliphatic carbocycles. The fourth-order valence-corrected chi connectivity index (χ4v) is 1.73. The van der Waals surface area contributed by atoms with Crippen LogP contribution < -0.4 is 0 Å². The van der Waals surface area contributed by atoms with Crippen LogP contribution >= 0.6 is 0 Å². The number of aryl methyl sites for hydroxylation is 1. The highest BCUT2D eigenvalue weighted by molar-refractivity contribution is 5.87. The van der Waals surface area contributed by atoms with Crippen molar-refractivity contribution < 1.29 is 9.90 Å². The van der Waals surface area contributed by atoms with E-state index in [0.29, 0.717) is 6.42 Å². The molecule has 0 saturated heterocycles. The molecule has 1 heterocycles. The van der Waals surface area contributed by atoms with Crippen LogP contribution in [-0.4, -0.2) is 16.0 Å². The molecule has 2 aromatic rings. The number of para-hydroxylation sites is 1. The molecular formula is C11H11NO2. The van der Waals surface area contributed by atoms with Crippen LogP contribution in [0.2, 0.25) is 0 Å². The van der Waals surface area contributed by atoms with Crippen molar-refractivity contribution in [2.75, 3.05) is 0 Å². The first-order chi connectivity index (χ1) is 6.74. The minimum absolute atomic E-state index is 0.252. The topological polar surface area (TPSA) is 42.2 Å². The van der Waals surface area contributed by atoms with Crippen molar-refractivity contribution >= 4 is 17.2 Å². The van der Waals surface area contributed by atoms with Gasteiger partial charge in [-0.2, -0.15) is 0 Å². The van der Waals surface area contributed by atoms with Crippen molar-refractivity contribution in [2.45, 2.75) is 6.42 Å². The van der Waals surface area contributed by atoms with E-state index in [1.54, 1.807) is 12.1 Å². The van der Waals surface area contributed by atoms with Crippen LogP contribution in [0, 0.1) is 0 Å². The number of rotatable bonds is 2. The van der Waals surface area contributed by atoms with Crippen LogP contribution in [0.25, 0.3) is 10.9 Å². The quantitative estimate of drug-likeness (QED) is 0.729. The van der Waals surface area contributed by atoms with Gasteiger partial charge in [0.2, 0.25) is 0 Å². The van der Waals surface area contributed by atoms with Gasteiger partial charge in [-0.25, -0.2) is 0 Å². The molecule has 0 bridgehead atoms. The number of aromatic hydroxyl groups is 1. The summed E-state index contributed by atoms with van der Waals surface area (Å²) in [4.78, 5) is 10.4. The van der Waals surface area contributed by atoms with Gasteiger partial charge in [0.15, 0.2) is 0 Å². The molecule has 3 nitrogen and oxygen atoms in total. The Labute approximate surface area is 81.6 Å². The summed E-state index contributed by atoms with van der Waals surface area (Å²) in [6.45, 7) is 0. The number of phenolic OH excluding ortho intramolecular Hbond substituents is 1. The lowest BCUT2D eigenvalue weighted by Crippen LogP contribution is -1.96. The van der Waals surface area contributed by atoms with Crippen LogP contribution in [0.3, 0.4) is 0 Å². The van der Waals surface area contributed by atoms with Crippen LogP contribution in [0.15, 0.2) is 24.3 Å². The number of fused-ring (bicyclic) bond motifs is 1. The smallest absolute Gasteiger partial charge is 0.139 e. The van der Waals surface area contributed by atoms with Gasteiger partial charge < -0.3 is 14.5 Å². The molecule has 0 aliphatic heterocycles. The number of aromatic nitrogens is 1. The van der Waals surface area contributed by atoms with E-state index in [0.717, 1.165) is 22.9 Å². The summed E-state index contributed by atoms with van der Waals surface area (Å²) in [6, 6.07) is 7.28. The molecule has 3 heteroatoms. The van der Waals surface area contributed by atoms with Crippen molar-refractivity contribution in [2.24, 2.45) is 7.05 Å². The normalized spacial score (nSPS) is 10.6. The van der Waals surface area contributed by atoms with Crippen molar-refractivity contribution in [3.8, 4) is 5.75 Å². The van der Waals surface area contributed by atoms with E-state index in [-0.39, 0.29) is 5.75 Å². The molecular weight excluding hydrogens is 178 g/mol. The summed E-state index contributed by atoms with van der Waals surface area (Å²) in [5.74, 6) is 0.252. The van der Waals surface area contributed by atoms with Crippen molar-refractivity contribution in [1.82, 2.24) is 4.57 Å². The zero-order valence-corrected chi connectivity index (χ0v) is 7.90. The third-order valence-corrected chi connectivity index (χ3v) is 2.43. The second-order valence-electron chi connectivity index (χ2n) is 3.28. The number of hydrogen-bond donors (Lipinski definition) is 1. The van der Waals surface area contributed by atoms with Crippen LogP contribution in [0.4, 0.5) is 0 Å². The highest BCUT2D eigenvalue weighted by atomic mass is 16.3. The monoisotopic (exact) mass is 189 g/mol. The Balaban J connectivity index is 2.73. The molecule has 1 aromatic heterocycles. The third-order valence-electron chi connectivity index (χ3n) is 2.43. The number of aldehydes is 1. The van der Waals surface area contributed by atoms with Crippen molar-refractivity contribution in [3.05, 3.63) is 30.0 Å². The van der Waals surface area contributed by atoms with E-state index in [9.17, 15) is 9.90 Å². The van der Waals surface area contributed by atoms with Crippen molar-refractivity contribution in [1.29, 1.82) is 0 Å². The number of carbonyl (C=O) groups excluding carboxylic acids is 1. The molecule has 1 N–H and O–H groups in total. The minimum Gasteiger partial charge on any atom is -0.506 e. The molecule has 0 spiro atoms. The van der Waals surface area contributed by atoms with E-state index in [1.807, 2.05) is 23.7 Å². The molecule has 14 heavy (non-hydrogen) atoms. The number of phenols is 1. The Morgan fingerprint density at radius 1 is 1.50 bits per heavy atom. The molecule has 0 radical (unpaired) electrons. The SMILES string of the molecule is Cn1c(CC=O)cc2cccc(O)c21. The first-order valence-corrected chi connectivity index (χ1v) is 4.44. The third kappa shape index (κ3) is 1.18. The first kappa shape index (κ1) is 8.81. The van der Waals surface area contributed by atoms with Crippen LogP contribution in [0.1, 0.15) is 5.69 Å². The molecule has 0 fully saturated rings. The van der Waals surface area contributed by atoms with E-state index in [2.05, 4.69) is 0 Å².